The van der Waals surface area contributed by atoms with E-state index in [-0.39, 0.29) is 10.9 Å². The monoisotopic (exact) mass is 224 g/mol. The van der Waals surface area contributed by atoms with Crippen LogP contribution >= 0.6 is 11.8 Å². The van der Waals surface area contributed by atoms with Crippen molar-refractivity contribution in [2.24, 2.45) is 0 Å². The zero-order valence-electron chi connectivity index (χ0n) is 9.50. The molecule has 0 spiro atoms. The van der Waals surface area contributed by atoms with Crippen LogP contribution in [0.25, 0.3) is 0 Å². The molecule has 1 aliphatic rings. The number of aliphatic hydroxyl groups excluding tert-OH is 1. The number of hydrogen-bond donors (Lipinski definition) is 1. The maximum atomic E-state index is 11.4. The summed E-state index contributed by atoms with van der Waals surface area (Å²) in [5, 5.41) is 9.83. The third-order valence-corrected chi connectivity index (χ3v) is 3.60. The Labute approximate surface area is 94.8 Å². The van der Waals surface area contributed by atoms with Crippen molar-refractivity contribution in [3.8, 4) is 0 Å². The van der Waals surface area contributed by atoms with Crippen LogP contribution in [0.4, 0.5) is 0 Å². The van der Waals surface area contributed by atoms with E-state index in [1.807, 2.05) is 39.0 Å². The van der Waals surface area contributed by atoms with E-state index in [1.165, 1.54) is 0 Å². The van der Waals surface area contributed by atoms with Gasteiger partial charge < -0.3 is 5.11 Å². The Bertz CT molecular complexity index is 377. The fraction of sp³-hybridized carbons (Fsp3) is 0.417. The van der Waals surface area contributed by atoms with Crippen molar-refractivity contribution in [3.05, 3.63) is 35.1 Å². The van der Waals surface area contributed by atoms with Crippen molar-refractivity contribution in [2.75, 3.05) is 0 Å². The quantitative estimate of drug-likeness (QED) is 0.731. The third kappa shape index (κ3) is 2.34. The van der Waals surface area contributed by atoms with Crippen molar-refractivity contribution >= 4 is 16.9 Å². The Morgan fingerprint density at radius 1 is 1.53 bits per heavy atom. The minimum absolute atomic E-state index is 0.0421. The van der Waals surface area contributed by atoms with E-state index in [1.54, 1.807) is 6.92 Å². The molecule has 0 bridgehead atoms. The normalized spacial score (nSPS) is 28.3. The molecule has 3 heteroatoms. The Kier molecular flexibility index (Phi) is 3.45. The van der Waals surface area contributed by atoms with Crippen molar-refractivity contribution in [1.82, 2.24) is 0 Å². The van der Waals surface area contributed by atoms with E-state index >= 15 is 0 Å². The highest BCUT2D eigenvalue weighted by molar-refractivity contribution is 8.16. The molecule has 0 aromatic heterocycles. The molecule has 0 amide bonds. The summed E-state index contributed by atoms with van der Waals surface area (Å²) >= 11 is 1.16. The van der Waals surface area contributed by atoms with Gasteiger partial charge >= 0.3 is 0 Å². The summed E-state index contributed by atoms with van der Waals surface area (Å²) in [5.41, 5.74) is 1.51. The summed E-state index contributed by atoms with van der Waals surface area (Å²) in [5.74, 6) is 0.182. The van der Waals surface area contributed by atoms with Gasteiger partial charge in [-0.1, -0.05) is 35.6 Å². The summed E-state index contributed by atoms with van der Waals surface area (Å²) in [4.78, 5) is 11.4. The van der Waals surface area contributed by atoms with E-state index in [2.05, 4.69) is 0 Å². The van der Waals surface area contributed by atoms with Gasteiger partial charge in [0.05, 0.1) is 4.75 Å². The number of rotatable bonds is 2. The van der Waals surface area contributed by atoms with E-state index in [0.717, 1.165) is 17.3 Å². The molecule has 1 heterocycles. The summed E-state index contributed by atoms with van der Waals surface area (Å²) in [6, 6.07) is 0. The lowest BCUT2D eigenvalue weighted by atomic mass is 10.0. The third-order valence-electron chi connectivity index (χ3n) is 2.37. The lowest BCUT2D eigenvalue weighted by Crippen LogP contribution is -2.17. The van der Waals surface area contributed by atoms with E-state index < -0.39 is 4.75 Å². The van der Waals surface area contributed by atoms with Gasteiger partial charge in [-0.3, -0.25) is 4.79 Å². The van der Waals surface area contributed by atoms with E-state index in [4.69, 9.17) is 0 Å². The molecule has 0 saturated carbocycles. The molecular weight excluding hydrogens is 208 g/mol. The number of thioether (sulfide) groups is 1. The molecule has 2 nitrogen and oxygen atoms in total. The molecule has 82 valence electrons. The van der Waals surface area contributed by atoms with Gasteiger partial charge in [0.2, 0.25) is 5.12 Å². The second-order valence-corrected chi connectivity index (χ2v) is 5.28. The van der Waals surface area contributed by atoms with E-state index in [0.29, 0.717) is 5.57 Å². The predicted molar refractivity (Wildman–Crippen MR) is 64.9 cm³/mol. The topological polar surface area (TPSA) is 37.3 Å². The number of allylic oxidation sites excluding steroid dienone is 3. The molecule has 0 fully saturated rings. The molecule has 1 atom stereocenters. The Morgan fingerprint density at radius 3 is 2.53 bits per heavy atom. The van der Waals surface area contributed by atoms with Crippen LogP contribution in [0.2, 0.25) is 0 Å². The molecular formula is C12H16O2S. The molecule has 0 aliphatic carbocycles. The first kappa shape index (κ1) is 12.1. The van der Waals surface area contributed by atoms with Crippen LogP contribution in [0.15, 0.2) is 35.1 Å². The zero-order valence-corrected chi connectivity index (χ0v) is 10.3. The van der Waals surface area contributed by atoms with Crippen LogP contribution in [0.1, 0.15) is 27.7 Å². The molecule has 1 N–H and O–H groups in total. The molecule has 1 rings (SSSR count). The van der Waals surface area contributed by atoms with Crippen molar-refractivity contribution < 1.29 is 9.90 Å². The average molecular weight is 224 g/mol. The maximum absolute atomic E-state index is 11.4. The fourth-order valence-electron chi connectivity index (χ4n) is 1.63. The average Bonchev–Trinajstić information content (AvgIpc) is 2.31. The van der Waals surface area contributed by atoms with Gasteiger partial charge in [0.1, 0.15) is 5.76 Å². The zero-order chi connectivity index (χ0) is 11.6. The van der Waals surface area contributed by atoms with E-state index in [9.17, 15) is 9.90 Å². The fourth-order valence-corrected chi connectivity index (χ4v) is 2.76. The van der Waals surface area contributed by atoms with Crippen LogP contribution in [-0.2, 0) is 4.79 Å². The highest BCUT2D eigenvalue weighted by Crippen LogP contribution is 2.43. The first-order valence-corrected chi connectivity index (χ1v) is 5.68. The molecule has 0 aromatic carbocycles. The second-order valence-electron chi connectivity index (χ2n) is 3.86. The molecule has 1 aliphatic heterocycles. The van der Waals surface area contributed by atoms with Gasteiger partial charge in [0, 0.05) is 5.57 Å². The standard InChI is InChI=1S/C12H16O2S/c1-5-6-8(2)7-12(4)10(13)9(3)11(14)15-12/h5-7,13H,1-4H3/b6-5+,8-7+/t12-/m1/s1. The molecule has 0 unspecified atom stereocenters. The van der Waals surface area contributed by atoms with Gasteiger partial charge in [-0.25, -0.2) is 0 Å². The number of aliphatic hydroxyl groups is 1. The van der Waals surface area contributed by atoms with Gasteiger partial charge in [-0.15, -0.1) is 0 Å². The Balaban J connectivity index is 3.07. The largest absolute Gasteiger partial charge is 0.510 e. The number of carbonyl (C=O) groups excluding carboxylic acids is 1. The van der Waals surface area contributed by atoms with Gasteiger partial charge in [0.15, 0.2) is 0 Å². The minimum Gasteiger partial charge on any atom is -0.510 e. The summed E-state index contributed by atoms with van der Waals surface area (Å²) in [6.07, 6.45) is 5.81. The SMILES string of the molecule is C/C=C/C(C)=C/[C@@]1(C)SC(=O)C(C)=C1O. The molecule has 0 radical (unpaired) electrons. The van der Waals surface area contributed by atoms with Crippen LogP contribution < -0.4 is 0 Å². The second kappa shape index (κ2) is 4.27. The van der Waals surface area contributed by atoms with Crippen LogP contribution in [0, 0.1) is 0 Å². The highest BCUT2D eigenvalue weighted by atomic mass is 32.2. The van der Waals surface area contributed by atoms with Crippen LogP contribution in [0.5, 0.6) is 0 Å². The van der Waals surface area contributed by atoms with Gasteiger partial charge in [0.25, 0.3) is 0 Å². The Morgan fingerprint density at radius 2 is 2.13 bits per heavy atom. The maximum Gasteiger partial charge on any atom is 0.219 e. The minimum atomic E-state index is -0.592. The highest BCUT2D eigenvalue weighted by Gasteiger charge is 2.39. The summed E-state index contributed by atoms with van der Waals surface area (Å²) in [6.45, 7) is 7.41. The van der Waals surface area contributed by atoms with Crippen LogP contribution in [0.3, 0.4) is 0 Å². The smallest absolute Gasteiger partial charge is 0.219 e. The number of carbonyl (C=O) groups is 1. The van der Waals surface area contributed by atoms with Crippen molar-refractivity contribution in [1.29, 1.82) is 0 Å². The van der Waals surface area contributed by atoms with Gasteiger partial charge in [-0.2, -0.15) is 0 Å². The van der Waals surface area contributed by atoms with Crippen molar-refractivity contribution in [3.63, 3.8) is 0 Å². The molecule has 0 saturated heterocycles. The predicted octanol–water partition coefficient (Wildman–Crippen LogP) is 3.37. The first-order chi connectivity index (χ1) is 6.90. The van der Waals surface area contributed by atoms with Crippen molar-refractivity contribution in [2.45, 2.75) is 32.4 Å². The Hall–Kier alpha value is -0.960. The molecule has 0 aromatic rings. The number of hydrogen-bond acceptors (Lipinski definition) is 3. The lowest BCUT2D eigenvalue weighted by Gasteiger charge is -2.18. The summed E-state index contributed by atoms with van der Waals surface area (Å²) in [7, 11) is 0. The lowest BCUT2D eigenvalue weighted by molar-refractivity contribution is -0.107. The molecule has 15 heavy (non-hydrogen) atoms. The van der Waals surface area contributed by atoms with Gasteiger partial charge in [-0.05, 0) is 27.7 Å². The van der Waals surface area contributed by atoms with Crippen LogP contribution in [-0.4, -0.2) is 15.0 Å². The summed E-state index contributed by atoms with van der Waals surface area (Å²) < 4.78 is -0.592. The first-order valence-electron chi connectivity index (χ1n) is 4.86.